The van der Waals surface area contributed by atoms with E-state index in [-0.39, 0.29) is 0 Å². The first-order valence-electron chi connectivity index (χ1n) is 6.32. The summed E-state index contributed by atoms with van der Waals surface area (Å²) in [4.78, 5) is 1.38. The van der Waals surface area contributed by atoms with Crippen LogP contribution in [0.15, 0.2) is 48.0 Å². The maximum atomic E-state index is 4.22. The molecular weight excluding hydrogens is 254 g/mol. The summed E-state index contributed by atoms with van der Waals surface area (Å²) in [7, 11) is 0. The van der Waals surface area contributed by atoms with Crippen molar-refractivity contribution in [1.29, 1.82) is 0 Å². The number of fused-ring (bicyclic) bond motifs is 1. The summed E-state index contributed by atoms with van der Waals surface area (Å²) in [5.74, 6) is 0.863. The van der Waals surface area contributed by atoms with Crippen LogP contribution in [0.1, 0.15) is 11.8 Å². The van der Waals surface area contributed by atoms with Crippen LogP contribution < -0.4 is 5.32 Å². The van der Waals surface area contributed by atoms with E-state index in [1.807, 2.05) is 12.1 Å². The molecule has 2 heterocycles. The topological polar surface area (TPSA) is 37.8 Å². The van der Waals surface area contributed by atoms with Gasteiger partial charge in [-0.3, -0.25) is 0 Å². The van der Waals surface area contributed by atoms with E-state index in [1.165, 1.54) is 4.88 Å². The van der Waals surface area contributed by atoms with Crippen molar-refractivity contribution in [3.8, 4) is 0 Å². The molecule has 0 saturated carbocycles. The highest BCUT2D eigenvalue weighted by Crippen LogP contribution is 2.21. The molecule has 0 bridgehead atoms. The molecule has 0 aliphatic rings. The second kappa shape index (κ2) is 5.36. The first kappa shape index (κ1) is 12.1. The fraction of sp³-hybridized carbons (Fsp3) is 0.200. The third kappa shape index (κ3) is 2.74. The molecule has 1 aromatic carbocycles. The Balaban J connectivity index is 1.81. The quantitative estimate of drug-likeness (QED) is 0.784. The van der Waals surface area contributed by atoms with Crippen LogP contribution in [-0.2, 0) is 6.42 Å². The molecule has 1 unspecified atom stereocenters. The number of thiophene rings is 1. The molecule has 3 aromatic rings. The smallest absolute Gasteiger partial charge is 0.156 e. The second-order valence-corrected chi connectivity index (χ2v) is 5.64. The molecule has 0 saturated heterocycles. The first-order valence-corrected chi connectivity index (χ1v) is 7.20. The number of nitrogens with one attached hydrogen (secondary N) is 1. The Morgan fingerprint density at radius 3 is 2.95 bits per heavy atom. The van der Waals surface area contributed by atoms with Gasteiger partial charge in [-0.05, 0) is 18.4 Å². The SMILES string of the molecule is CC(Cc1cccs1)Nc1nncc2ccccc12. The largest absolute Gasteiger partial charge is 0.365 e. The normalized spacial score (nSPS) is 12.5. The predicted molar refractivity (Wildman–Crippen MR) is 80.6 cm³/mol. The van der Waals surface area contributed by atoms with Crippen LogP contribution in [0.4, 0.5) is 5.82 Å². The van der Waals surface area contributed by atoms with Crippen molar-refractivity contribution in [2.24, 2.45) is 0 Å². The number of benzene rings is 1. The van der Waals surface area contributed by atoms with E-state index in [0.29, 0.717) is 6.04 Å². The lowest BCUT2D eigenvalue weighted by Crippen LogP contribution is -2.18. The van der Waals surface area contributed by atoms with Crippen LogP contribution >= 0.6 is 11.3 Å². The lowest BCUT2D eigenvalue weighted by molar-refractivity contribution is 0.791. The van der Waals surface area contributed by atoms with Gasteiger partial charge in [0.2, 0.25) is 0 Å². The zero-order chi connectivity index (χ0) is 13.1. The molecule has 19 heavy (non-hydrogen) atoms. The molecule has 3 nitrogen and oxygen atoms in total. The zero-order valence-electron chi connectivity index (χ0n) is 10.7. The van der Waals surface area contributed by atoms with Gasteiger partial charge >= 0.3 is 0 Å². The molecular formula is C15H15N3S. The van der Waals surface area contributed by atoms with E-state index in [4.69, 9.17) is 0 Å². The molecule has 4 heteroatoms. The molecule has 2 aromatic heterocycles. The zero-order valence-corrected chi connectivity index (χ0v) is 11.5. The molecule has 3 rings (SSSR count). The molecule has 1 atom stereocenters. The Labute approximate surface area is 116 Å². The van der Waals surface area contributed by atoms with Crippen LogP contribution in [-0.4, -0.2) is 16.2 Å². The van der Waals surface area contributed by atoms with Gasteiger partial charge in [-0.15, -0.1) is 16.4 Å². The van der Waals surface area contributed by atoms with E-state index in [1.54, 1.807) is 17.5 Å². The third-order valence-corrected chi connectivity index (χ3v) is 3.94. The average Bonchev–Trinajstić information content (AvgIpc) is 2.92. The minimum absolute atomic E-state index is 0.332. The van der Waals surface area contributed by atoms with Crippen LogP contribution in [0.2, 0.25) is 0 Å². The summed E-state index contributed by atoms with van der Waals surface area (Å²) in [5.41, 5.74) is 0. The molecule has 96 valence electrons. The first-order chi connectivity index (χ1) is 9.33. The number of rotatable bonds is 4. The summed E-state index contributed by atoms with van der Waals surface area (Å²) in [6.45, 7) is 2.17. The lowest BCUT2D eigenvalue weighted by Gasteiger charge is -2.14. The van der Waals surface area contributed by atoms with Crippen molar-refractivity contribution in [2.45, 2.75) is 19.4 Å². The Bertz CT molecular complexity index is 659. The highest BCUT2D eigenvalue weighted by atomic mass is 32.1. The van der Waals surface area contributed by atoms with E-state index < -0.39 is 0 Å². The van der Waals surface area contributed by atoms with Gasteiger partial charge in [-0.25, -0.2) is 0 Å². The fourth-order valence-corrected chi connectivity index (χ4v) is 2.98. The standard InChI is InChI=1S/C15H15N3S/c1-11(9-13-6-4-8-19-13)17-15-14-7-3-2-5-12(14)10-16-18-15/h2-8,10-11H,9H2,1H3,(H,17,18). The third-order valence-electron chi connectivity index (χ3n) is 3.04. The van der Waals surface area contributed by atoms with Crippen molar-refractivity contribution >= 4 is 27.9 Å². The highest BCUT2D eigenvalue weighted by Gasteiger charge is 2.08. The van der Waals surface area contributed by atoms with Crippen molar-refractivity contribution in [3.63, 3.8) is 0 Å². The molecule has 0 aliphatic carbocycles. The summed E-state index contributed by atoms with van der Waals surface area (Å²) >= 11 is 1.79. The molecule has 0 amide bonds. The maximum Gasteiger partial charge on any atom is 0.156 e. The van der Waals surface area contributed by atoms with Crippen molar-refractivity contribution in [1.82, 2.24) is 10.2 Å². The van der Waals surface area contributed by atoms with Gasteiger partial charge in [-0.2, -0.15) is 5.10 Å². The Kier molecular flexibility index (Phi) is 3.42. The molecule has 0 spiro atoms. The van der Waals surface area contributed by atoms with Crippen molar-refractivity contribution in [2.75, 3.05) is 5.32 Å². The van der Waals surface area contributed by atoms with Crippen LogP contribution in [0.3, 0.4) is 0 Å². The minimum atomic E-state index is 0.332. The van der Waals surface area contributed by atoms with Crippen molar-refractivity contribution in [3.05, 3.63) is 52.9 Å². The molecule has 0 radical (unpaired) electrons. The van der Waals surface area contributed by atoms with E-state index in [2.05, 4.69) is 52.1 Å². The highest BCUT2D eigenvalue weighted by molar-refractivity contribution is 7.09. The van der Waals surface area contributed by atoms with Crippen LogP contribution in [0.25, 0.3) is 10.8 Å². The van der Waals surface area contributed by atoms with E-state index in [9.17, 15) is 0 Å². The Morgan fingerprint density at radius 2 is 2.11 bits per heavy atom. The summed E-state index contributed by atoms with van der Waals surface area (Å²) in [5, 5.41) is 16.1. The van der Waals surface area contributed by atoms with Gasteiger partial charge in [0.1, 0.15) is 0 Å². The molecule has 1 N–H and O–H groups in total. The molecule has 0 fully saturated rings. The van der Waals surface area contributed by atoms with Gasteiger partial charge < -0.3 is 5.32 Å². The second-order valence-electron chi connectivity index (χ2n) is 4.61. The Hall–Kier alpha value is -1.94. The summed E-state index contributed by atoms with van der Waals surface area (Å²) in [6, 6.07) is 12.8. The number of hydrogen-bond donors (Lipinski definition) is 1. The van der Waals surface area contributed by atoms with Crippen molar-refractivity contribution < 1.29 is 0 Å². The van der Waals surface area contributed by atoms with E-state index in [0.717, 1.165) is 23.0 Å². The number of hydrogen-bond acceptors (Lipinski definition) is 4. The average molecular weight is 269 g/mol. The summed E-state index contributed by atoms with van der Waals surface area (Å²) in [6.07, 6.45) is 2.80. The number of aromatic nitrogens is 2. The van der Waals surface area contributed by atoms with E-state index >= 15 is 0 Å². The van der Waals surface area contributed by atoms with Gasteiger partial charge in [0.15, 0.2) is 5.82 Å². The number of anilines is 1. The van der Waals surface area contributed by atoms with Crippen LogP contribution in [0, 0.1) is 0 Å². The van der Waals surface area contributed by atoms with Gasteiger partial charge in [-0.1, -0.05) is 30.3 Å². The monoisotopic (exact) mass is 269 g/mol. The maximum absolute atomic E-state index is 4.22. The predicted octanol–water partition coefficient (Wildman–Crippen LogP) is 3.73. The van der Waals surface area contributed by atoms with Gasteiger partial charge in [0.25, 0.3) is 0 Å². The van der Waals surface area contributed by atoms with Crippen LogP contribution in [0.5, 0.6) is 0 Å². The minimum Gasteiger partial charge on any atom is -0.365 e. The lowest BCUT2D eigenvalue weighted by atomic mass is 10.1. The molecule has 0 aliphatic heterocycles. The number of nitrogens with zero attached hydrogens (tertiary/aromatic N) is 2. The summed E-state index contributed by atoms with van der Waals surface area (Å²) < 4.78 is 0. The van der Waals surface area contributed by atoms with Gasteiger partial charge in [0, 0.05) is 28.1 Å². The Morgan fingerprint density at radius 1 is 1.21 bits per heavy atom. The fourth-order valence-electron chi connectivity index (χ4n) is 2.15. The van der Waals surface area contributed by atoms with Gasteiger partial charge in [0.05, 0.1) is 6.20 Å².